The molecule has 1 aliphatic rings. The van der Waals surface area contributed by atoms with E-state index in [0.29, 0.717) is 24.8 Å². The van der Waals surface area contributed by atoms with Crippen LogP contribution < -0.4 is 0 Å². The predicted molar refractivity (Wildman–Crippen MR) is 68.4 cm³/mol. The maximum atomic E-state index is 12.8. The lowest BCUT2D eigenvalue weighted by Gasteiger charge is -2.25. The minimum atomic E-state index is -0.733. The molecule has 1 fully saturated rings. The molecule has 0 heterocycles. The van der Waals surface area contributed by atoms with Crippen molar-refractivity contribution in [1.29, 1.82) is 0 Å². The van der Waals surface area contributed by atoms with Crippen molar-refractivity contribution >= 4 is 11.8 Å². The zero-order chi connectivity index (χ0) is 13.8. The summed E-state index contributed by atoms with van der Waals surface area (Å²) in [5.74, 6) is -1.06. The van der Waals surface area contributed by atoms with Gasteiger partial charge in [0, 0.05) is 12.0 Å². The fourth-order valence-electron chi connectivity index (χ4n) is 2.63. The van der Waals surface area contributed by atoms with E-state index in [4.69, 9.17) is 5.11 Å². The number of hydrogen-bond acceptors (Lipinski definition) is 2. The maximum Gasteiger partial charge on any atom is 0.306 e. The number of benzene rings is 1. The summed E-state index contributed by atoms with van der Waals surface area (Å²) in [6.07, 6.45) is 3.29. The first-order valence-electron chi connectivity index (χ1n) is 6.58. The number of halogens is 1. The number of ketones is 1. The molecule has 0 saturated heterocycles. The van der Waals surface area contributed by atoms with Crippen LogP contribution in [0.25, 0.3) is 0 Å². The normalized spacial score (nSPS) is 23.0. The summed E-state index contributed by atoms with van der Waals surface area (Å²) in [6.45, 7) is 0. The molecule has 1 aromatic carbocycles. The van der Waals surface area contributed by atoms with E-state index >= 15 is 0 Å². The lowest BCUT2D eigenvalue weighted by Crippen LogP contribution is -2.22. The van der Waals surface area contributed by atoms with Gasteiger partial charge in [-0.05, 0) is 55.9 Å². The van der Waals surface area contributed by atoms with Crippen molar-refractivity contribution in [1.82, 2.24) is 0 Å². The minimum absolute atomic E-state index is 0.0128. The van der Waals surface area contributed by atoms with Gasteiger partial charge in [0.2, 0.25) is 0 Å². The third-order valence-electron chi connectivity index (χ3n) is 3.84. The van der Waals surface area contributed by atoms with Crippen LogP contribution in [-0.2, 0) is 4.79 Å². The van der Waals surface area contributed by atoms with Crippen molar-refractivity contribution in [2.45, 2.75) is 32.1 Å². The number of carboxylic acids is 1. The predicted octanol–water partition coefficient (Wildman–Crippen LogP) is 3.29. The van der Waals surface area contributed by atoms with Crippen molar-refractivity contribution in [3.05, 3.63) is 35.6 Å². The third-order valence-corrected chi connectivity index (χ3v) is 3.84. The molecule has 102 valence electrons. The Morgan fingerprint density at radius 3 is 2.21 bits per heavy atom. The van der Waals surface area contributed by atoms with Gasteiger partial charge >= 0.3 is 5.97 Å². The number of Topliss-reactive ketones (excluding diaryl/α,β-unsaturated/α-hetero) is 1. The highest BCUT2D eigenvalue weighted by molar-refractivity contribution is 5.96. The van der Waals surface area contributed by atoms with Gasteiger partial charge in [-0.2, -0.15) is 0 Å². The first-order chi connectivity index (χ1) is 9.06. The van der Waals surface area contributed by atoms with Gasteiger partial charge in [-0.3, -0.25) is 9.59 Å². The fraction of sp³-hybridized carbons (Fsp3) is 0.467. The Morgan fingerprint density at radius 2 is 1.68 bits per heavy atom. The minimum Gasteiger partial charge on any atom is -0.481 e. The quantitative estimate of drug-likeness (QED) is 0.849. The molecule has 4 heteroatoms. The van der Waals surface area contributed by atoms with Crippen LogP contribution in [0.15, 0.2) is 24.3 Å². The van der Waals surface area contributed by atoms with Gasteiger partial charge < -0.3 is 5.11 Å². The van der Waals surface area contributed by atoms with Gasteiger partial charge in [0.15, 0.2) is 5.78 Å². The second kappa shape index (κ2) is 5.95. The Morgan fingerprint density at radius 1 is 1.11 bits per heavy atom. The van der Waals surface area contributed by atoms with Crippen LogP contribution in [0.4, 0.5) is 4.39 Å². The van der Waals surface area contributed by atoms with Crippen molar-refractivity contribution in [3.63, 3.8) is 0 Å². The second-order valence-corrected chi connectivity index (χ2v) is 5.19. The Kier molecular flexibility index (Phi) is 4.30. The van der Waals surface area contributed by atoms with E-state index in [9.17, 15) is 14.0 Å². The van der Waals surface area contributed by atoms with Gasteiger partial charge in [0.1, 0.15) is 5.82 Å². The molecule has 1 aromatic rings. The summed E-state index contributed by atoms with van der Waals surface area (Å²) in [7, 11) is 0. The lowest BCUT2D eigenvalue weighted by atomic mass is 9.79. The number of carbonyl (C=O) groups is 2. The van der Waals surface area contributed by atoms with Crippen LogP contribution in [0.3, 0.4) is 0 Å². The summed E-state index contributed by atoms with van der Waals surface area (Å²) in [5.41, 5.74) is 0.529. The molecule has 0 aromatic heterocycles. The maximum absolute atomic E-state index is 12.8. The smallest absolute Gasteiger partial charge is 0.306 e. The molecule has 0 atom stereocenters. The SMILES string of the molecule is O=C(CC1CCC(C(=O)O)CC1)c1ccc(F)cc1. The van der Waals surface area contributed by atoms with Crippen molar-refractivity contribution in [3.8, 4) is 0 Å². The molecular formula is C15H17FO3. The van der Waals surface area contributed by atoms with Crippen LogP contribution in [0.2, 0.25) is 0 Å². The Balaban J connectivity index is 1.87. The fourth-order valence-corrected chi connectivity index (χ4v) is 2.63. The highest BCUT2D eigenvalue weighted by atomic mass is 19.1. The monoisotopic (exact) mass is 264 g/mol. The average molecular weight is 264 g/mol. The van der Waals surface area contributed by atoms with Crippen LogP contribution in [-0.4, -0.2) is 16.9 Å². The number of aliphatic carboxylic acids is 1. The van der Waals surface area contributed by atoms with E-state index in [1.54, 1.807) is 0 Å². The van der Waals surface area contributed by atoms with E-state index in [2.05, 4.69) is 0 Å². The molecule has 3 nitrogen and oxygen atoms in total. The topological polar surface area (TPSA) is 54.4 Å². The number of carbonyl (C=O) groups excluding carboxylic acids is 1. The highest BCUT2D eigenvalue weighted by Crippen LogP contribution is 2.31. The summed E-state index contributed by atoms with van der Waals surface area (Å²) >= 11 is 0. The molecule has 1 saturated carbocycles. The van der Waals surface area contributed by atoms with Crippen molar-refractivity contribution in [2.75, 3.05) is 0 Å². The molecule has 0 aliphatic heterocycles. The summed E-state index contributed by atoms with van der Waals surface area (Å²) in [6, 6.07) is 5.57. The molecule has 19 heavy (non-hydrogen) atoms. The molecule has 0 bridgehead atoms. The zero-order valence-corrected chi connectivity index (χ0v) is 10.6. The average Bonchev–Trinajstić information content (AvgIpc) is 2.40. The summed E-state index contributed by atoms with van der Waals surface area (Å²) in [5, 5.41) is 8.91. The van der Waals surface area contributed by atoms with E-state index in [0.717, 1.165) is 12.8 Å². The number of carboxylic acid groups (broad SMARTS) is 1. The third kappa shape index (κ3) is 3.63. The van der Waals surface area contributed by atoms with Crippen LogP contribution in [0, 0.1) is 17.7 Å². The largest absolute Gasteiger partial charge is 0.481 e. The first-order valence-corrected chi connectivity index (χ1v) is 6.58. The van der Waals surface area contributed by atoms with Gasteiger partial charge in [-0.1, -0.05) is 0 Å². The molecule has 0 unspecified atom stereocenters. The summed E-state index contributed by atoms with van der Waals surface area (Å²) < 4.78 is 12.8. The van der Waals surface area contributed by atoms with Gasteiger partial charge in [-0.15, -0.1) is 0 Å². The van der Waals surface area contributed by atoms with Crippen LogP contribution >= 0.6 is 0 Å². The van der Waals surface area contributed by atoms with Crippen LogP contribution in [0.5, 0.6) is 0 Å². The van der Waals surface area contributed by atoms with Gasteiger partial charge in [-0.25, -0.2) is 4.39 Å². The zero-order valence-electron chi connectivity index (χ0n) is 10.6. The standard InChI is InChI=1S/C15H17FO3/c16-13-7-5-11(6-8-13)14(17)9-10-1-3-12(4-2-10)15(18)19/h5-8,10,12H,1-4,9H2,(H,18,19). The Bertz CT molecular complexity index is 459. The lowest BCUT2D eigenvalue weighted by molar-refractivity contribution is -0.143. The molecule has 0 spiro atoms. The molecular weight excluding hydrogens is 247 g/mol. The second-order valence-electron chi connectivity index (χ2n) is 5.19. The van der Waals surface area contributed by atoms with Crippen molar-refractivity contribution < 1.29 is 19.1 Å². The van der Waals surface area contributed by atoms with E-state index < -0.39 is 5.97 Å². The molecule has 1 aliphatic carbocycles. The first kappa shape index (κ1) is 13.7. The van der Waals surface area contributed by atoms with E-state index in [1.807, 2.05) is 0 Å². The Labute approximate surface area is 111 Å². The van der Waals surface area contributed by atoms with Gasteiger partial charge in [0.05, 0.1) is 5.92 Å². The highest BCUT2D eigenvalue weighted by Gasteiger charge is 2.27. The Hall–Kier alpha value is -1.71. The number of rotatable bonds is 4. The summed E-state index contributed by atoms with van der Waals surface area (Å²) in [4.78, 5) is 22.8. The van der Waals surface area contributed by atoms with Crippen LogP contribution in [0.1, 0.15) is 42.5 Å². The molecule has 1 N–H and O–H groups in total. The van der Waals surface area contributed by atoms with Gasteiger partial charge in [0.25, 0.3) is 0 Å². The molecule has 0 amide bonds. The van der Waals surface area contributed by atoms with E-state index in [1.165, 1.54) is 24.3 Å². The molecule has 0 radical (unpaired) electrons. The number of hydrogen-bond donors (Lipinski definition) is 1. The van der Waals surface area contributed by atoms with Crippen molar-refractivity contribution in [2.24, 2.45) is 11.8 Å². The van der Waals surface area contributed by atoms with E-state index in [-0.39, 0.29) is 23.4 Å². The molecule has 2 rings (SSSR count).